The molecule has 0 bridgehead atoms. The molecule has 0 saturated carbocycles. The van der Waals surface area contributed by atoms with Gasteiger partial charge < -0.3 is 0 Å². The fourth-order valence-corrected chi connectivity index (χ4v) is 11.3. The van der Waals surface area contributed by atoms with Crippen molar-refractivity contribution in [3.8, 4) is 17.6 Å². The van der Waals surface area contributed by atoms with Crippen molar-refractivity contribution in [3.63, 3.8) is 0 Å². The van der Waals surface area contributed by atoms with Crippen LogP contribution in [0.3, 0.4) is 0 Å². The Morgan fingerprint density at radius 2 is 1.62 bits per heavy atom. The van der Waals surface area contributed by atoms with Gasteiger partial charge in [0.1, 0.15) is 0 Å². The zero-order valence-corrected chi connectivity index (χ0v) is 23.5. The van der Waals surface area contributed by atoms with E-state index in [2.05, 4.69) is 83.8 Å². The number of nitriles is 1. The van der Waals surface area contributed by atoms with E-state index in [-0.39, 0.29) is 21.7 Å². The van der Waals surface area contributed by atoms with E-state index >= 15 is 0 Å². The molecule has 0 saturated heterocycles. The molecule has 4 aliphatic rings. The molecule has 3 nitrogen and oxygen atoms in total. The van der Waals surface area contributed by atoms with E-state index in [4.69, 9.17) is 4.74 Å². The SMILES string of the molecule is N#Cc1cc2c3c(c1)[Se]c1ccccc1B3c1ccc(N3C4=C(CCCC4)[Se]c4ccccc43)cc1O2. The molecule has 0 fully saturated rings. The van der Waals surface area contributed by atoms with E-state index < -0.39 is 0 Å². The fourth-order valence-electron chi connectivity index (χ4n) is 6.14. The average molecular weight is 606 g/mol. The number of para-hydroxylation sites is 1. The van der Waals surface area contributed by atoms with Crippen LogP contribution >= 0.6 is 0 Å². The number of fused-ring (bicyclic) bond motifs is 5. The summed E-state index contributed by atoms with van der Waals surface area (Å²) in [5.74, 6) is 1.76. The second-order valence-corrected chi connectivity index (χ2v) is 14.5. The maximum atomic E-state index is 9.74. The van der Waals surface area contributed by atoms with E-state index in [0.29, 0.717) is 20.5 Å². The third-order valence-electron chi connectivity index (χ3n) is 7.76. The van der Waals surface area contributed by atoms with Gasteiger partial charge in [0.05, 0.1) is 0 Å². The van der Waals surface area contributed by atoms with Crippen molar-refractivity contribution in [1.82, 2.24) is 0 Å². The van der Waals surface area contributed by atoms with Crippen LogP contribution in [0.1, 0.15) is 31.2 Å². The van der Waals surface area contributed by atoms with Crippen LogP contribution in [0.5, 0.6) is 11.5 Å². The van der Waals surface area contributed by atoms with Gasteiger partial charge >= 0.3 is 231 Å². The van der Waals surface area contributed by atoms with Gasteiger partial charge in [-0.15, -0.1) is 0 Å². The summed E-state index contributed by atoms with van der Waals surface area (Å²) in [6.07, 6.45) is 4.91. The third-order valence-corrected chi connectivity index (χ3v) is 12.8. The number of ether oxygens (including phenoxy) is 1. The Morgan fingerprint density at radius 1 is 0.784 bits per heavy atom. The first-order chi connectivity index (χ1) is 18.3. The van der Waals surface area contributed by atoms with Gasteiger partial charge in [-0.1, -0.05) is 0 Å². The van der Waals surface area contributed by atoms with Gasteiger partial charge in [-0.25, -0.2) is 0 Å². The van der Waals surface area contributed by atoms with Gasteiger partial charge in [-0.2, -0.15) is 0 Å². The summed E-state index contributed by atoms with van der Waals surface area (Å²) >= 11 is 0.568. The number of allylic oxidation sites excluding steroid dienone is 2. The molecular formula is C31H21BN2OSe2. The van der Waals surface area contributed by atoms with Crippen molar-refractivity contribution in [1.29, 1.82) is 5.26 Å². The first-order valence-electron chi connectivity index (χ1n) is 12.7. The monoisotopic (exact) mass is 608 g/mol. The van der Waals surface area contributed by atoms with Crippen molar-refractivity contribution in [2.75, 3.05) is 4.90 Å². The molecule has 4 aromatic rings. The van der Waals surface area contributed by atoms with Gasteiger partial charge in [0, 0.05) is 0 Å². The summed E-state index contributed by atoms with van der Waals surface area (Å²) in [4.78, 5) is 2.50. The normalized spacial score (nSPS) is 16.5. The zero-order valence-electron chi connectivity index (χ0n) is 20.0. The Morgan fingerprint density at radius 3 is 2.54 bits per heavy atom. The molecular weight excluding hydrogens is 585 g/mol. The minimum absolute atomic E-state index is 0.142. The van der Waals surface area contributed by atoms with Crippen LogP contribution in [-0.2, 0) is 0 Å². The van der Waals surface area contributed by atoms with Crippen LogP contribution in [0.2, 0.25) is 0 Å². The van der Waals surface area contributed by atoms with Crippen molar-refractivity contribution in [2.24, 2.45) is 0 Å². The molecule has 1 aliphatic carbocycles. The van der Waals surface area contributed by atoms with Gasteiger partial charge in [-0.05, 0) is 0 Å². The summed E-state index contributed by atoms with van der Waals surface area (Å²) in [5.41, 5.74) is 8.52. The number of hydrogen-bond acceptors (Lipinski definition) is 3. The number of nitrogens with zero attached hydrogens (tertiary/aromatic N) is 2. The maximum absolute atomic E-state index is 9.74. The molecule has 3 heterocycles. The minimum atomic E-state index is 0.142. The van der Waals surface area contributed by atoms with Crippen molar-refractivity contribution in [3.05, 3.63) is 94.6 Å². The van der Waals surface area contributed by atoms with Crippen molar-refractivity contribution in [2.45, 2.75) is 25.7 Å². The molecule has 0 unspecified atom stereocenters. The van der Waals surface area contributed by atoms with Crippen LogP contribution < -0.4 is 39.4 Å². The van der Waals surface area contributed by atoms with E-state index in [1.165, 1.54) is 66.1 Å². The summed E-state index contributed by atoms with van der Waals surface area (Å²) in [6, 6.07) is 30.9. The van der Waals surface area contributed by atoms with Gasteiger partial charge in [0.15, 0.2) is 0 Å². The van der Waals surface area contributed by atoms with E-state index in [9.17, 15) is 5.26 Å². The van der Waals surface area contributed by atoms with E-state index in [0.717, 1.165) is 17.9 Å². The Bertz CT molecular complexity index is 1710. The molecule has 37 heavy (non-hydrogen) atoms. The number of benzene rings is 4. The van der Waals surface area contributed by atoms with Crippen LogP contribution in [0, 0.1) is 11.3 Å². The van der Waals surface area contributed by atoms with Gasteiger partial charge in [-0.3, -0.25) is 0 Å². The summed E-state index contributed by atoms with van der Waals surface area (Å²) in [6.45, 7) is 0.142. The van der Waals surface area contributed by atoms with Crippen molar-refractivity contribution >= 4 is 77.8 Å². The van der Waals surface area contributed by atoms with E-state index in [1.807, 2.05) is 6.07 Å². The van der Waals surface area contributed by atoms with Crippen LogP contribution in [0.4, 0.5) is 11.4 Å². The standard InChI is InChI=1S/C31H21BN2OSe2/c33-18-19-15-26-31-30(16-19)36-27-10-4-1-7-22(27)32(31)21-14-13-20(17-25(21)35-26)34-23-8-2-5-11-28(23)37-29-12-6-3-9-24(29)34/h1-2,4-5,7-8,10-11,13-17H,3,6,9,12H2. The second kappa shape index (κ2) is 8.42. The first-order valence-corrected chi connectivity index (χ1v) is 16.2. The summed E-state index contributed by atoms with van der Waals surface area (Å²) in [7, 11) is 0. The predicted molar refractivity (Wildman–Crippen MR) is 153 cm³/mol. The molecule has 8 rings (SSSR count). The molecule has 0 aromatic heterocycles. The molecule has 0 spiro atoms. The van der Waals surface area contributed by atoms with Crippen LogP contribution in [0.15, 0.2) is 89.0 Å². The van der Waals surface area contributed by atoms with E-state index in [1.54, 1.807) is 4.47 Å². The van der Waals surface area contributed by atoms with Gasteiger partial charge in [0.2, 0.25) is 0 Å². The molecule has 0 N–H and O–H groups in total. The Labute approximate surface area is 229 Å². The number of hydrogen-bond donors (Lipinski definition) is 0. The summed E-state index contributed by atoms with van der Waals surface area (Å²) in [5, 5.41) is 9.74. The van der Waals surface area contributed by atoms with Crippen molar-refractivity contribution < 1.29 is 4.74 Å². The number of anilines is 2. The molecule has 0 amide bonds. The average Bonchev–Trinajstić information content (AvgIpc) is 2.95. The molecule has 0 radical (unpaired) electrons. The van der Waals surface area contributed by atoms with Crippen LogP contribution in [-0.4, -0.2) is 36.6 Å². The predicted octanol–water partition coefficient (Wildman–Crippen LogP) is 2.42. The third kappa shape index (κ3) is 3.32. The molecule has 6 heteroatoms. The number of rotatable bonds is 1. The zero-order chi connectivity index (χ0) is 24.5. The summed E-state index contributed by atoms with van der Waals surface area (Å²) < 4.78 is 12.4. The Balaban J connectivity index is 1.32. The molecule has 0 atom stereocenters. The Hall–Kier alpha value is -3.19. The topological polar surface area (TPSA) is 36.3 Å². The second-order valence-electron chi connectivity index (χ2n) is 9.88. The molecule has 176 valence electrons. The molecule has 3 aliphatic heterocycles. The Kier molecular flexibility index (Phi) is 4.97. The van der Waals surface area contributed by atoms with Crippen LogP contribution in [0.25, 0.3) is 0 Å². The van der Waals surface area contributed by atoms with Gasteiger partial charge in [0.25, 0.3) is 0 Å². The molecule has 4 aromatic carbocycles. The first kappa shape index (κ1) is 21.9. The quantitative estimate of drug-likeness (QED) is 0.270. The fraction of sp³-hybridized carbons (Fsp3) is 0.129.